The number of aromatic carboxylic acids is 1. The van der Waals surface area contributed by atoms with Crippen molar-refractivity contribution in [3.63, 3.8) is 0 Å². The molecule has 21 heavy (non-hydrogen) atoms. The van der Waals surface area contributed by atoms with E-state index in [2.05, 4.69) is 10.3 Å². The molecule has 0 spiro atoms. The summed E-state index contributed by atoms with van der Waals surface area (Å²) in [6.07, 6.45) is 7.89. The number of carbonyl (C=O) groups is 1. The molecule has 0 atom stereocenters. The molecule has 3 rings (SSSR count). The third-order valence-corrected chi connectivity index (χ3v) is 4.18. The predicted molar refractivity (Wildman–Crippen MR) is 80.7 cm³/mol. The molecule has 0 bridgehead atoms. The van der Waals surface area contributed by atoms with Crippen molar-refractivity contribution in [2.75, 3.05) is 11.9 Å². The van der Waals surface area contributed by atoms with Crippen molar-refractivity contribution in [1.82, 2.24) is 4.98 Å². The predicted octanol–water partition coefficient (Wildman–Crippen LogP) is 3.91. The standard InChI is InChI=1S/C16H20N2O3/c19-15(20)12-7-8-13-14(10-12)21-16(18-13)17-9-3-6-11-4-1-2-5-11/h7-8,10-11H,1-6,9H2,(H,17,18)(H,19,20). The Balaban J connectivity index is 1.55. The number of nitrogens with zero attached hydrogens (tertiary/aromatic N) is 1. The fraction of sp³-hybridized carbons (Fsp3) is 0.500. The third kappa shape index (κ3) is 3.35. The summed E-state index contributed by atoms with van der Waals surface area (Å²) in [4.78, 5) is 15.2. The Morgan fingerprint density at radius 1 is 1.38 bits per heavy atom. The summed E-state index contributed by atoms with van der Waals surface area (Å²) in [7, 11) is 0. The number of carboxylic acid groups (broad SMARTS) is 1. The van der Waals surface area contributed by atoms with Crippen molar-refractivity contribution < 1.29 is 14.3 Å². The maximum absolute atomic E-state index is 10.9. The number of hydrogen-bond donors (Lipinski definition) is 2. The number of aromatic nitrogens is 1. The highest BCUT2D eigenvalue weighted by atomic mass is 16.4. The van der Waals surface area contributed by atoms with Crippen LogP contribution in [0.3, 0.4) is 0 Å². The number of carboxylic acids is 1. The number of benzene rings is 1. The van der Waals surface area contributed by atoms with Crippen molar-refractivity contribution >= 4 is 23.1 Å². The van der Waals surface area contributed by atoms with Gasteiger partial charge in [0, 0.05) is 6.54 Å². The molecule has 2 N–H and O–H groups in total. The lowest BCUT2D eigenvalue weighted by Gasteiger charge is -2.07. The third-order valence-electron chi connectivity index (χ3n) is 4.18. The minimum absolute atomic E-state index is 0.214. The second-order valence-corrected chi connectivity index (χ2v) is 5.73. The SMILES string of the molecule is O=C(O)c1ccc2nc(NCCCC3CCCC3)oc2c1. The van der Waals surface area contributed by atoms with Gasteiger partial charge in [-0.25, -0.2) is 4.79 Å². The van der Waals surface area contributed by atoms with Crippen LogP contribution < -0.4 is 5.32 Å². The number of oxazole rings is 1. The summed E-state index contributed by atoms with van der Waals surface area (Å²) >= 11 is 0. The molecule has 1 aromatic heterocycles. The van der Waals surface area contributed by atoms with Gasteiger partial charge in [0.05, 0.1) is 5.56 Å². The molecule has 1 aromatic carbocycles. The molecular formula is C16H20N2O3. The monoisotopic (exact) mass is 288 g/mol. The smallest absolute Gasteiger partial charge is 0.335 e. The Morgan fingerprint density at radius 3 is 2.95 bits per heavy atom. The van der Waals surface area contributed by atoms with Crippen LogP contribution in [0.25, 0.3) is 11.1 Å². The fourth-order valence-corrected chi connectivity index (χ4v) is 3.02. The summed E-state index contributed by atoms with van der Waals surface area (Å²) in [6, 6.07) is 5.19. The Morgan fingerprint density at radius 2 is 2.19 bits per heavy atom. The summed E-state index contributed by atoms with van der Waals surface area (Å²) in [5.41, 5.74) is 1.40. The average Bonchev–Trinajstić information content (AvgIpc) is 3.11. The van der Waals surface area contributed by atoms with E-state index in [9.17, 15) is 4.79 Å². The highest BCUT2D eigenvalue weighted by molar-refractivity contribution is 5.92. The molecule has 0 amide bonds. The van der Waals surface area contributed by atoms with E-state index in [1.165, 1.54) is 44.2 Å². The molecule has 1 aliphatic rings. The number of anilines is 1. The Labute approximate surface area is 123 Å². The second kappa shape index (κ2) is 6.16. The Kier molecular flexibility index (Phi) is 4.08. The molecule has 1 aliphatic carbocycles. The van der Waals surface area contributed by atoms with Crippen LogP contribution in [-0.2, 0) is 0 Å². The van der Waals surface area contributed by atoms with Gasteiger partial charge >= 0.3 is 5.97 Å². The maximum atomic E-state index is 10.9. The molecule has 0 saturated heterocycles. The van der Waals surface area contributed by atoms with Crippen LogP contribution >= 0.6 is 0 Å². The largest absolute Gasteiger partial charge is 0.478 e. The van der Waals surface area contributed by atoms with Gasteiger partial charge in [0.15, 0.2) is 5.58 Å². The lowest BCUT2D eigenvalue weighted by Crippen LogP contribution is -2.04. The number of fused-ring (bicyclic) bond motifs is 1. The molecular weight excluding hydrogens is 268 g/mol. The van der Waals surface area contributed by atoms with Crippen molar-refractivity contribution in [2.45, 2.75) is 38.5 Å². The van der Waals surface area contributed by atoms with E-state index in [1.54, 1.807) is 6.07 Å². The summed E-state index contributed by atoms with van der Waals surface area (Å²) in [5, 5.41) is 12.1. The zero-order chi connectivity index (χ0) is 14.7. The van der Waals surface area contributed by atoms with Crippen LogP contribution in [0.4, 0.5) is 6.01 Å². The van der Waals surface area contributed by atoms with Crippen LogP contribution in [0.5, 0.6) is 0 Å². The summed E-state index contributed by atoms with van der Waals surface area (Å²) in [6.45, 7) is 0.842. The number of nitrogens with one attached hydrogen (secondary N) is 1. The molecule has 0 unspecified atom stereocenters. The molecule has 1 fully saturated rings. The van der Waals surface area contributed by atoms with Crippen molar-refractivity contribution in [3.05, 3.63) is 23.8 Å². The van der Waals surface area contributed by atoms with Gasteiger partial charge in [0.1, 0.15) is 5.52 Å². The van der Waals surface area contributed by atoms with Gasteiger partial charge in [-0.15, -0.1) is 0 Å². The Bertz CT molecular complexity index is 629. The van der Waals surface area contributed by atoms with E-state index in [0.29, 0.717) is 17.1 Å². The minimum atomic E-state index is -0.959. The van der Waals surface area contributed by atoms with Crippen LogP contribution in [-0.4, -0.2) is 22.6 Å². The van der Waals surface area contributed by atoms with Gasteiger partial charge < -0.3 is 14.8 Å². The van der Waals surface area contributed by atoms with Gasteiger partial charge in [-0.05, 0) is 37.0 Å². The quantitative estimate of drug-likeness (QED) is 0.788. The summed E-state index contributed by atoms with van der Waals surface area (Å²) in [5.74, 6) is -0.0621. The molecule has 0 aliphatic heterocycles. The molecule has 1 heterocycles. The van der Waals surface area contributed by atoms with Gasteiger partial charge in [-0.1, -0.05) is 25.7 Å². The maximum Gasteiger partial charge on any atom is 0.335 e. The van der Waals surface area contributed by atoms with Crippen molar-refractivity contribution in [1.29, 1.82) is 0 Å². The molecule has 0 radical (unpaired) electrons. The van der Waals surface area contributed by atoms with Gasteiger partial charge in [0.2, 0.25) is 0 Å². The van der Waals surface area contributed by atoms with Crippen LogP contribution in [0.15, 0.2) is 22.6 Å². The minimum Gasteiger partial charge on any atom is -0.478 e. The topological polar surface area (TPSA) is 75.4 Å². The Hall–Kier alpha value is -2.04. The fourth-order valence-electron chi connectivity index (χ4n) is 3.02. The zero-order valence-electron chi connectivity index (χ0n) is 12.0. The summed E-state index contributed by atoms with van der Waals surface area (Å²) < 4.78 is 5.55. The van der Waals surface area contributed by atoms with E-state index in [0.717, 1.165) is 18.9 Å². The van der Waals surface area contributed by atoms with Crippen molar-refractivity contribution in [2.24, 2.45) is 5.92 Å². The van der Waals surface area contributed by atoms with Gasteiger partial charge in [-0.3, -0.25) is 0 Å². The van der Waals surface area contributed by atoms with Gasteiger partial charge in [-0.2, -0.15) is 4.98 Å². The van der Waals surface area contributed by atoms with Crippen molar-refractivity contribution in [3.8, 4) is 0 Å². The number of hydrogen-bond acceptors (Lipinski definition) is 4. The molecule has 5 nitrogen and oxygen atoms in total. The lowest BCUT2D eigenvalue weighted by molar-refractivity contribution is 0.0697. The molecule has 5 heteroatoms. The highest BCUT2D eigenvalue weighted by Crippen LogP contribution is 2.28. The molecule has 112 valence electrons. The first kappa shape index (κ1) is 13.9. The molecule has 1 saturated carbocycles. The van der Waals surface area contributed by atoms with E-state index >= 15 is 0 Å². The molecule has 2 aromatic rings. The zero-order valence-corrected chi connectivity index (χ0v) is 12.0. The second-order valence-electron chi connectivity index (χ2n) is 5.73. The normalized spacial score (nSPS) is 15.6. The average molecular weight is 288 g/mol. The number of rotatable bonds is 6. The first-order valence-electron chi connectivity index (χ1n) is 7.60. The van der Waals surface area contributed by atoms with Gasteiger partial charge in [0.25, 0.3) is 6.01 Å². The van der Waals surface area contributed by atoms with E-state index < -0.39 is 5.97 Å². The van der Waals surface area contributed by atoms with E-state index in [-0.39, 0.29) is 5.56 Å². The van der Waals surface area contributed by atoms with Crippen LogP contribution in [0, 0.1) is 5.92 Å². The first-order chi connectivity index (χ1) is 10.2. The van der Waals surface area contributed by atoms with E-state index in [4.69, 9.17) is 9.52 Å². The highest BCUT2D eigenvalue weighted by Gasteiger charge is 2.14. The van der Waals surface area contributed by atoms with Crippen LogP contribution in [0.1, 0.15) is 48.9 Å². The first-order valence-corrected chi connectivity index (χ1v) is 7.60. The lowest BCUT2D eigenvalue weighted by atomic mass is 10.0. The van der Waals surface area contributed by atoms with Crippen LogP contribution in [0.2, 0.25) is 0 Å². The van der Waals surface area contributed by atoms with E-state index in [1.807, 2.05) is 0 Å².